The lowest BCUT2D eigenvalue weighted by atomic mass is 9.96. The lowest BCUT2D eigenvalue weighted by molar-refractivity contribution is 0.146. The number of tetrazole rings is 1. The van der Waals surface area contributed by atoms with Crippen molar-refractivity contribution in [3.05, 3.63) is 82.6 Å². The minimum atomic E-state index is -0.0101. The number of fused-ring (bicyclic) bond motifs is 1. The third-order valence-corrected chi connectivity index (χ3v) is 7.25. The van der Waals surface area contributed by atoms with Gasteiger partial charge >= 0.3 is 0 Å². The predicted octanol–water partition coefficient (Wildman–Crippen LogP) is 5.74. The van der Waals surface area contributed by atoms with Crippen molar-refractivity contribution in [1.82, 2.24) is 25.6 Å². The van der Waals surface area contributed by atoms with Gasteiger partial charge in [0.25, 0.3) is 0 Å². The van der Waals surface area contributed by atoms with E-state index in [2.05, 4.69) is 63.0 Å². The minimum Gasteiger partial charge on any atom is -0.490 e. The first-order valence-electron chi connectivity index (χ1n) is 12.6. The summed E-state index contributed by atoms with van der Waals surface area (Å²) in [5.74, 6) is 8.42. The molecule has 1 atom stereocenters. The largest absolute Gasteiger partial charge is 0.490 e. The average Bonchev–Trinajstić information content (AvgIpc) is 3.62. The van der Waals surface area contributed by atoms with E-state index >= 15 is 0 Å². The van der Waals surface area contributed by atoms with Crippen LogP contribution in [-0.2, 0) is 17.8 Å². The molecule has 8 nitrogen and oxygen atoms in total. The highest BCUT2D eigenvalue weighted by atomic mass is 32.1. The monoisotopic (exact) mass is 539 g/mol. The zero-order valence-corrected chi connectivity index (χ0v) is 22.9. The molecule has 0 unspecified atom stereocenters. The molecular formula is C30H29N5O3S. The van der Waals surface area contributed by atoms with Crippen molar-refractivity contribution in [1.29, 1.82) is 0 Å². The van der Waals surface area contributed by atoms with Gasteiger partial charge in [-0.1, -0.05) is 29.3 Å². The van der Waals surface area contributed by atoms with E-state index in [1.165, 1.54) is 10.1 Å². The average molecular weight is 540 g/mol. The molecule has 2 aromatic carbocycles. The highest BCUT2D eigenvalue weighted by Gasteiger charge is 2.14. The summed E-state index contributed by atoms with van der Waals surface area (Å²) in [5, 5.41) is 17.6. The van der Waals surface area contributed by atoms with Crippen LogP contribution in [0.4, 0.5) is 0 Å². The van der Waals surface area contributed by atoms with Gasteiger partial charge in [0.05, 0.1) is 24.4 Å². The molecule has 39 heavy (non-hydrogen) atoms. The highest BCUT2D eigenvalue weighted by Crippen LogP contribution is 2.36. The maximum absolute atomic E-state index is 6.14. The standard InChI is InChI=1S/C30H29N5O3S/c1-4-5-23(16-29-32-34-35-33-29)22-7-9-24(10-8-22)38-18-21-6-11-28-26(15-21)27(19-39-28)30-20(2)14-25(17-31-30)37-13-12-36-3/h6-11,14-15,17,19,23H,12-13,16,18H2,1-3H3,(H,32,33,34,35)/t23-/m0/s1. The van der Waals surface area contributed by atoms with Crippen LogP contribution >= 0.6 is 11.3 Å². The molecule has 5 aromatic rings. The Morgan fingerprint density at radius 2 is 1.90 bits per heavy atom. The molecule has 0 amide bonds. The molecule has 0 fully saturated rings. The SMILES string of the molecule is CC#C[C@@H](Cc1nn[nH]n1)c1ccc(OCc2ccc3scc(-c4ncc(OCCOC)cc4C)c3c2)cc1. The van der Waals surface area contributed by atoms with E-state index < -0.39 is 0 Å². The Balaban J connectivity index is 1.28. The number of rotatable bonds is 11. The van der Waals surface area contributed by atoms with Crippen molar-refractivity contribution >= 4 is 21.4 Å². The fraction of sp³-hybridized carbons (Fsp3) is 0.267. The third kappa shape index (κ3) is 6.42. The van der Waals surface area contributed by atoms with Crippen molar-refractivity contribution in [2.45, 2.75) is 32.8 Å². The summed E-state index contributed by atoms with van der Waals surface area (Å²) in [4.78, 5) is 4.72. The quantitative estimate of drug-likeness (QED) is 0.169. The molecule has 0 saturated carbocycles. The van der Waals surface area contributed by atoms with Crippen LogP contribution < -0.4 is 9.47 Å². The van der Waals surface area contributed by atoms with Gasteiger partial charge in [-0.25, -0.2) is 0 Å². The third-order valence-electron chi connectivity index (χ3n) is 6.28. The zero-order valence-electron chi connectivity index (χ0n) is 22.1. The number of aromatic amines is 1. The van der Waals surface area contributed by atoms with Gasteiger partial charge in [0.1, 0.15) is 24.7 Å². The second kappa shape index (κ2) is 12.5. The second-order valence-electron chi connectivity index (χ2n) is 8.99. The number of nitrogens with one attached hydrogen (secondary N) is 1. The van der Waals surface area contributed by atoms with Crippen LogP contribution in [0.25, 0.3) is 21.3 Å². The van der Waals surface area contributed by atoms with E-state index in [1.807, 2.05) is 37.3 Å². The van der Waals surface area contributed by atoms with Gasteiger partial charge < -0.3 is 14.2 Å². The van der Waals surface area contributed by atoms with Crippen molar-refractivity contribution in [3.63, 3.8) is 0 Å². The van der Waals surface area contributed by atoms with E-state index in [-0.39, 0.29) is 5.92 Å². The Kier molecular flexibility index (Phi) is 8.46. The van der Waals surface area contributed by atoms with Gasteiger partial charge in [-0.2, -0.15) is 5.21 Å². The number of H-pyrrole nitrogens is 1. The fourth-order valence-electron chi connectivity index (χ4n) is 4.34. The fourth-order valence-corrected chi connectivity index (χ4v) is 5.27. The summed E-state index contributed by atoms with van der Waals surface area (Å²) in [6.07, 6.45) is 2.37. The molecule has 3 aromatic heterocycles. The second-order valence-corrected chi connectivity index (χ2v) is 9.91. The maximum atomic E-state index is 6.14. The summed E-state index contributed by atoms with van der Waals surface area (Å²) in [6, 6.07) is 16.5. The normalized spacial score (nSPS) is 11.7. The lowest BCUT2D eigenvalue weighted by Crippen LogP contribution is -2.04. The molecule has 1 N–H and O–H groups in total. The van der Waals surface area contributed by atoms with E-state index in [1.54, 1.807) is 24.6 Å². The Morgan fingerprint density at radius 1 is 1.03 bits per heavy atom. The highest BCUT2D eigenvalue weighted by molar-refractivity contribution is 7.17. The molecule has 5 rings (SSSR count). The summed E-state index contributed by atoms with van der Waals surface area (Å²) in [5.41, 5.74) is 5.32. The molecule has 198 valence electrons. The van der Waals surface area contributed by atoms with Gasteiger partial charge in [-0.3, -0.25) is 4.98 Å². The lowest BCUT2D eigenvalue weighted by Gasteiger charge is -2.11. The molecule has 9 heteroatoms. The Labute approximate surface area is 231 Å². The molecule has 0 radical (unpaired) electrons. The molecule has 0 aliphatic rings. The first-order valence-corrected chi connectivity index (χ1v) is 13.5. The van der Waals surface area contributed by atoms with Gasteiger partial charge in [-0.05, 0) is 60.9 Å². The van der Waals surface area contributed by atoms with Gasteiger partial charge in [0.2, 0.25) is 0 Å². The van der Waals surface area contributed by atoms with E-state index in [0.29, 0.717) is 32.1 Å². The molecule has 0 bridgehead atoms. The van der Waals surface area contributed by atoms with E-state index in [4.69, 9.17) is 19.2 Å². The van der Waals surface area contributed by atoms with E-state index in [0.717, 1.165) is 39.4 Å². The minimum absolute atomic E-state index is 0.0101. The number of thiophene rings is 1. The number of hydrogen-bond donors (Lipinski definition) is 1. The van der Waals surface area contributed by atoms with Gasteiger partial charge in [0, 0.05) is 34.6 Å². The Bertz CT molecular complexity index is 1590. The summed E-state index contributed by atoms with van der Waals surface area (Å²) in [6.45, 7) is 5.40. The van der Waals surface area contributed by atoms with Crippen LogP contribution in [0.5, 0.6) is 11.5 Å². The predicted molar refractivity (Wildman–Crippen MR) is 152 cm³/mol. The number of nitrogens with zero attached hydrogens (tertiary/aromatic N) is 4. The smallest absolute Gasteiger partial charge is 0.176 e. The zero-order chi connectivity index (χ0) is 27.0. The van der Waals surface area contributed by atoms with E-state index in [9.17, 15) is 0 Å². The topological polar surface area (TPSA) is 95.0 Å². The molecular weight excluding hydrogens is 510 g/mol. The summed E-state index contributed by atoms with van der Waals surface area (Å²) in [7, 11) is 1.66. The van der Waals surface area contributed by atoms with Crippen LogP contribution in [0.15, 0.2) is 60.1 Å². The first-order chi connectivity index (χ1) is 19.1. The van der Waals surface area contributed by atoms with Crippen molar-refractivity contribution in [3.8, 4) is 34.6 Å². The van der Waals surface area contributed by atoms with Crippen LogP contribution in [-0.4, -0.2) is 45.9 Å². The van der Waals surface area contributed by atoms with Crippen LogP contribution in [0, 0.1) is 18.8 Å². The number of methoxy groups -OCH3 is 1. The van der Waals surface area contributed by atoms with Crippen LogP contribution in [0.1, 0.15) is 35.4 Å². The van der Waals surface area contributed by atoms with Crippen LogP contribution in [0.3, 0.4) is 0 Å². The van der Waals surface area contributed by atoms with Crippen LogP contribution in [0.2, 0.25) is 0 Å². The summed E-state index contributed by atoms with van der Waals surface area (Å²) >= 11 is 1.72. The number of benzene rings is 2. The number of pyridine rings is 1. The summed E-state index contributed by atoms with van der Waals surface area (Å²) < 4.78 is 18.1. The molecule has 3 heterocycles. The maximum Gasteiger partial charge on any atom is 0.176 e. The van der Waals surface area contributed by atoms with Crippen molar-refractivity contribution in [2.24, 2.45) is 0 Å². The number of aryl methyl sites for hydroxylation is 1. The number of aromatic nitrogens is 5. The number of hydrogen-bond acceptors (Lipinski definition) is 8. The molecule has 0 spiro atoms. The Morgan fingerprint density at radius 3 is 2.64 bits per heavy atom. The van der Waals surface area contributed by atoms with Gasteiger partial charge in [-0.15, -0.1) is 27.5 Å². The molecule has 0 aliphatic heterocycles. The van der Waals surface area contributed by atoms with Crippen molar-refractivity contribution in [2.75, 3.05) is 20.3 Å². The Hall–Kier alpha value is -4.26. The van der Waals surface area contributed by atoms with Crippen molar-refractivity contribution < 1.29 is 14.2 Å². The molecule has 0 aliphatic carbocycles. The first kappa shape index (κ1) is 26.4. The number of ether oxygens (including phenoxy) is 3. The molecule has 0 saturated heterocycles. The van der Waals surface area contributed by atoms with Gasteiger partial charge in [0.15, 0.2) is 5.82 Å².